The number of nitrogen functional groups attached to an aromatic ring is 1. The Morgan fingerprint density at radius 1 is 1.20 bits per heavy atom. The molecule has 0 saturated carbocycles. The number of pyridine rings is 2. The summed E-state index contributed by atoms with van der Waals surface area (Å²) >= 11 is 0. The van der Waals surface area contributed by atoms with Crippen LogP contribution in [0.25, 0.3) is 11.3 Å². The lowest BCUT2D eigenvalue weighted by atomic mass is 10.1. The Hall–Kier alpha value is -2.90. The molecule has 20 heavy (non-hydrogen) atoms. The third-order valence-corrected chi connectivity index (χ3v) is 2.77. The summed E-state index contributed by atoms with van der Waals surface area (Å²) in [7, 11) is 0. The fourth-order valence-electron chi connectivity index (χ4n) is 1.83. The van der Waals surface area contributed by atoms with E-state index in [2.05, 4.69) is 25.5 Å². The van der Waals surface area contributed by atoms with Gasteiger partial charge in [-0.25, -0.2) is 9.67 Å². The predicted molar refractivity (Wildman–Crippen MR) is 68.8 cm³/mol. The molecule has 0 atom stereocenters. The molecule has 3 aromatic heterocycles. The summed E-state index contributed by atoms with van der Waals surface area (Å²) in [5.74, 6) is -0.312. The van der Waals surface area contributed by atoms with Crippen molar-refractivity contribution in [3.8, 4) is 11.3 Å². The molecule has 0 bridgehead atoms. The van der Waals surface area contributed by atoms with Crippen molar-refractivity contribution in [1.82, 2.24) is 30.2 Å². The molecule has 2 N–H and O–H groups in total. The molecule has 0 aliphatic carbocycles. The quantitative estimate of drug-likeness (QED) is 0.711. The van der Waals surface area contributed by atoms with Crippen molar-refractivity contribution in [2.24, 2.45) is 0 Å². The molecule has 0 saturated heterocycles. The van der Waals surface area contributed by atoms with Gasteiger partial charge in [0.1, 0.15) is 0 Å². The molecule has 3 aromatic rings. The van der Waals surface area contributed by atoms with Gasteiger partial charge in [0, 0.05) is 23.5 Å². The van der Waals surface area contributed by atoms with E-state index in [1.807, 2.05) is 6.07 Å². The minimum Gasteiger partial charge on any atom is -0.367 e. The average Bonchev–Trinajstić information content (AvgIpc) is 2.86. The third kappa shape index (κ3) is 2.30. The lowest BCUT2D eigenvalue weighted by Crippen LogP contribution is -2.08. The molecule has 0 spiro atoms. The van der Waals surface area contributed by atoms with E-state index in [9.17, 15) is 4.39 Å². The van der Waals surface area contributed by atoms with Crippen LogP contribution in [-0.4, -0.2) is 30.2 Å². The first-order valence-electron chi connectivity index (χ1n) is 5.81. The maximum Gasteiger partial charge on any atom is 0.240 e. The van der Waals surface area contributed by atoms with E-state index in [0.29, 0.717) is 17.8 Å². The summed E-state index contributed by atoms with van der Waals surface area (Å²) in [5, 5.41) is 10.9. The molecule has 3 heterocycles. The molecule has 0 aromatic carbocycles. The summed E-state index contributed by atoms with van der Waals surface area (Å²) in [6.45, 7) is 0.374. The molecule has 0 unspecified atom stereocenters. The summed E-state index contributed by atoms with van der Waals surface area (Å²) in [6, 6.07) is 6.60. The Bertz CT molecular complexity index is 723. The molecular formula is C12H10FN7. The zero-order valence-corrected chi connectivity index (χ0v) is 10.3. The standard InChI is InChI=1S/C12H10FN7/c13-10-4-3-8(6-16-10)11-9(2-1-5-15-11)7-20-12(14)17-18-19-20/h1-6H,7H2,(H2,14,17,19). The van der Waals surface area contributed by atoms with Gasteiger partial charge < -0.3 is 5.73 Å². The molecule has 0 amide bonds. The number of hydrogen-bond donors (Lipinski definition) is 1. The summed E-state index contributed by atoms with van der Waals surface area (Å²) in [6.07, 6.45) is 3.09. The lowest BCUT2D eigenvalue weighted by Gasteiger charge is -2.08. The number of nitrogens with two attached hydrogens (primary N) is 1. The molecular weight excluding hydrogens is 261 g/mol. The Kier molecular flexibility index (Phi) is 3.04. The highest BCUT2D eigenvalue weighted by molar-refractivity contribution is 5.61. The van der Waals surface area contributed by atoms with Crippen molar-refractivity contribution >= 4 is 5.95 Å². The highest BCUT2D eigenvalue weighted by Gasteiger charge is 2.10. The van der Waals surface area contributed by atoms with Gasteiger partial charge in [-0.3, -0.25) is 4.98 Å². The molecule has 0 radical (unpaired) electrons. The number of anilines is 1. The predicted octanol–water partition coefficient (Wildman–Crippen LogP) is 0.900. The Morgan fingerprint density at radius 3 is 2.80 bits per heavy atom. The van der Waals surface area contributed by atoms with Gasteiger partial charge in [-0.15, -0.1) is 0 Å². The van der Waals surface area contributed by atoms with Gasteiger partial charge >= 0.3 is 0 Å². The first-order chi connectivity index (χ1) is 9.74. The van der Waals surface area contributed by atoms with Crippen molar-refractivity contribution in [2.45, 2.75) is 6.54 Å². The fraction of sp³-hybridized carbons (Fsp3) is 0.0833. The Morgan fingerprint density at radius 2 is 2.10 bits per heavy atom. The van der Waals surface area contributed by atoms with Crippen molar-refractivity contribution in [2.75, 3.05) is 5.73 Å². The maximum atomic E-state index is 12.9. The van der Waals surface area contributed by atoms with Gasteiger partial charge in [-0.1, -0.05) is 11.2 Å². The largest absolute Gasteiger partial charge is 0.367 e. The molecule has 3 rings (SSSR count). The van der Waals surface area contributed by atoms with Crippen LogP contribution in [0, 0.1) is 5.95 Å². The van der Waals surface area contributed by atoms with Crippen LogP contribution < -0.4 is 5.73 Å². The molecule has 0 aliphatic rings. The van der Waals surface area contributed by atoms with Gasteiger partial charge in [0.15, 0.2) is 0 Å². The number of hydrogen-bond acceptors (Lipinski definition) is 6. The number of tetrazole rings is 1. The van der Waals surface area contributed by atoms with Crippen LogP contribution in [0.15, 0.2) is 36.7 Å². The van der Waals surface area contributed by atoms with Crippen LogP contribution in [0.1, 0.15) is 5.56 Å². The number of halogens is 1. The number of aromatic nitrogens is 6. The maximum absolute atomic E-state index is 12.9. The van der Waals surface area contributed by atoms with Crippen LogP contribution >= 0.6 is 0 Å². The van der Waals surface area contributed by atoms with Crippen molar-refractivity contribution < 1.29 is 4.39 Å². The van der Waals surface area contributed by atoms with Crippen molar-refractivity contribution in [1.29, 1.82) is 0 Å². The minimum absolute atomic E-state index is 0.219. The zero-order valence-electron chi connectivity index (χ0n) is 10.3. The van der Waals surface area contributed by atoms with Gasteiger partial charge in [-0.05, 0) is 28.6 Å². The number of rotatable bonds is 3. The minimum atomic E-state index is -0.532. The second-order valence-electron chi connectivity index (χ2n) is 4.08. The van der Waals surface area contributed by atoms with Crippen molar-refractivity contribution in [3.63, 3.8) is 0 Å². The summed E-state index contributed by atoms with van der Waals surface area (Å²) < 4.78 is 14.3. The first-order valence-corrected chi connectivity index (χ1v) is 5.81. The monoisotopic (exact) mass is 271 g/mol. The Labute approximate surface area is 113 Å². The zero-order chi connectivity index (χ0) is 13.9. The van der Waals surface area contributed by atoms with Gasteiger partial charge in [0.2, 0.25) is 11.9 Å². The lowest BCUT2D eigenvalue weighted by molar-refractivity contribution is 0.584. The summed E-state index contributed by atoms with van der Waals surface area (Å²) in [4.78, 5) is 7.94. The molecule has 100 valence electrons. The van der Waals surface area contributed by atoms with E-state index in [0.717, 1.165) is 5.56 Å². The molecule has 0 fully saturated rings. The third-order valence-electron chi connectivity index (χ3n) is 2.77. The van der Waals surface area contributed by atoms with E-state index < -0.39 is 5.95 Å². The number of nitrogens with zero attached hydrogens (tertiary/aromatic N) is 6. The van der Waals surface area contributed by atoms with E-state index in [1.54, 1.807) is 18.3 Å². The highest BCUT2D eigenvalue weighted by Crippen LogP contribution is 2.21. The van der Waals surface area contributed by atoms with Crippen LogP contribution in [0.3, 0.4) is 0 Å². The van der Waals surface area contributed by atoms with Gasteiger partial charge in [0.25, 0.3) is 0 Å². The molecule has 8 heteroatoms. The molecule has 7 nitrogen and oxygen atoms in total. The highest BCUT2D eigenvalue weighted by atomic mass is 19.1. The normalized spacial score (nSPS) is 10.7. The van der Waals surface area contributed by atoms with Crippen LogP contribution in [-0.2, 0) is 6.54 Å². The average molecular weight is 271 g/mol. The van der Waals surface area contributed by atoms with Gasteiger partial charge in [-0.2, -0.15) is 4.39 Å². The SMILES string of the molecule is Nc1nnnn1Cc1cccnc1-c1ccc(F)nc1. The second-order valence-corrected chi connectivity index (χ2v) is 4.08. The smallest absolute Gasteiger partial charge is 0.240 e. The van der Waals surface area contributed by atoms with Gasteiger partial charge in [0.05, 0.1) is 12.2 Å². The van der Waals surface area contributed by atoms with Crippen LogP contribution in [0.2, 0.25) is 0 Å². The van der Waals surface area contributed by atoms with E-state index in [-0.39, 0.29) is 5.95 Å². The Balaban J connectivity index is 2.00. The fourth-order valence-corrected chi connectivity index (χ4v) is 1.83. The first kappa shape index (κ1) is 12.2. The van der Waals surface area contributed by atoms with E-state index in [4.69, 9.17) is 5.73 Å². The van der Waals surface area contributed by atoms with Crippen molar-refractivity contribution in [3.05, 3.63) is 48.2 Å². The van der Waals surface area contributed by atoms with Crippen LogP contribution in [0.4, 0.5) is 10.3 Å². The summed E-state index contributed by atoms with van der Waals surface area (Å²) in [5.41, 5.74) is 7.91. The van der Waals surface area contributed by atoms with E-state index >= 15 is 0 Å². The molecule has 0 aliphatic heterocycles. The van der Waals surface area contributed by atoms with E-state index in [1.165, 1.54) is 16.9 Å². The second kappa shape index (κ2) is 5.00. The van der Waals surface area contributed by atoms with Crippen LogP contribution in [0.5, 0.6) is 0 Å². The topological polar surface area (TPSA) is 95.4 Å².